The van der Waals surface area contributed by atoms with Crippen molar-refractivity contribution in [2.24, 2.45) is 0 Å². The van der Waals surface area contributed by atoms with Gasteiger partial charge in [-0.3, -0.25) is 4.68 Å². The topological polar surface area (TPSA) is 60.0 Å². The van der Waals surface area contributed by atoms with Crippen LogP contribution in [0.25, 0.3) is 10.9 Å². The average molecular weight is 269 g/mol. The lowest BCUT2D eigenvalue weighted by atomic mass is 10.2. The van der Waals surface area contributed by atoms with E-state index in [-0.39, 0.29) is 0 Å². The van der Waals surface area contributed by atoms with E-state index < -0.39 is 5.97 Å². The van der Waals surface area contributed by atoms with Gasteiger partial charge in [0.15, 0.2) is 0 Å². The molecule has 0 fully saturated rings. The Labute approximate surface area is 116 Å². The molecule has 0 amide bonds. The molecule has 2 heterocycles. The molecule has 2 aromatic heterocycles. The number of para-hydroxylation sites is 1. The lowest BCUT2D eigenvalue weighted by Gasteiger charge is -2.06. The molecular weight excluding hydrogens is 254 g/mol. The van der Waals surface area contributed by atoms with Gasteiger partial charge in [-0.15, -0.1) is 0 Å². The molecule has 5 heteroatoms. The molecule has 0 saturated heterocycles. The average Bonchev–Trinajstić information content (AvgIpc) is 3.04. The summed E-state index contributed by atoms with van der Waals surface area (Å²) in [5.41, 5.74) is 2.22. The summed E-state index contributed by atoms with van der Waals surface area (Å²) in [6, 6.07) is 9.40. The number of hydrogen-bond donors (Lipinski definition) is 1. The van der Waals surface area contributed by atoms with Gasteiger partial charge in [0.05, 0.1) is 12.7 Å². The molecule has 0 spiro atoms. The molecule has 0 bridgehead atoms. The van der Waals surface area contributed by atoms with Gasteiger partial charge in [0.25, 0.3) is 0 Å². The second kappa shape index (κ2) is 4.85. The number of aryl methyl sites for hydroxylation is 1. The first-order valence-electron chi connectivity index (χ1n) is 6.52. The molecule has 0 aliphatic rings. The van der Waals surface area contributed by atoms with Crippen LogP contribution in [0, 0.1) is 0 Å². The van der Waals surface area contributed by atoms with Crippen LogP contribution < -0.4 is 0 Å². The number of hydrogen-bond acceptors (Lipinski definition) is 2. The monoisotopic (exact) mass is 269 g/mol. The standard InChI is InChI=1S/C15H15N3O2/c1-2-17-9-11(8-16-17)10-18-13-6-4-3-5-12(13)7-14(18)15(19)20/h3-9H,2,10H2,1H3,(H,19,20). The van der Waals surface area contributed by atoms with Gasteiger partial charge in [0.2, 0.25) is 0 Å². The molecule has 3 rings (SSSR count). The van der Waals surface area contributed by atoms with Crippen molar-refractivity contribution in [3.63, 3.8) is 0 Å². The molecule has 0 atom stereocenters. The Kier molecular flexibility index (Phi) is 3.02. The van der Waals surface area contributed by atoms with Crippen LogP contribution in [0.4, 0.5) is 0 Å². The van der Waals surface area contributed by atoms with E-state index in [9.17, 15) is 9.90 Å². The van der Waals surface area contributed by atoms with E-state index in [0.29, 0.717) is 12.2 Å². The molecular formula is C15H15N3O2. The molecule has 0 radical (unpaired) electrons. The fraction of sp³-hybridized carbons (Fsp3) is 0.200. The minimum Gasteiger partial charge on any atom is -0.477 e. The minimum atomic E-state index is -0.913. The Bertz CT molecular complexity index is 770. The largest absolute Gasteiger partial charge is 0.477 e. The van der Waals surface area contributed by atoms with Crippen LogP contribution in [0.1, 0.15) is 23.0 Å². The third kappa shape index (κ3) is 2.07. The minimum absolute atomic E-state index is 0.301. The number of aromatic carboxylic acids is 1. The first-order chi connectivity index (χ1) is 9.69. The Balaban J connectivity index is 2.08. The molecule has 102 valence electrons. The summed E-state index contributed by atoms with van der Waals surface area (Å²) in [7, 11) is 0. The van der Waals surface area contributed by atoms with Crippen LogP contribution in [0.15, 0.2) is 42.7 Å². The molecule has 0 aliphatic carbocycles. The third-order valence-electron chi connectivity index (χ3n) is 3.38. The third-order valence-corrected chi connectivity index (χ3v) is 3.38. The van der Waals surface area contributed by atoms with E-state index in [1.54, 1.807) is 12.3 Å². The molecule has 3 aromatic rings. The van der Waals surface area contributed by atoms with E-state index in [4.69, 9.17) is 0 Å². The summed E-state index contributed by atoms with van der Waals surface area (Å²) >= 11 is 0. The van der Waals surface area contributed by atoms with E-state index in [2.05, 4.69) is 5.10 Å². The van der Waals surface area contributed by atoms with Gasteiger partial charge in [0, 0.05) is 29.2 Å². The highest BCUT2D eigenvalue weighted by atomic mass is 16.4. The van der Waals surface area contributed by atoms with E-state index >= 15 is 0 Å². The van der Waals surface area contributed by atoms with Gasteiger partial charge in [-0.05, 0) is 19.1 Å². The molecule has 20 heavy (non-hydrogen) atoms. The number of rotatable bonds is 4. The van der Waals surface area contributed by atoms with Gasteiger partial charge < -0.3 is 9.67 Å². The molecule has 1 N–H and O–H groups in total. The lowest BCUT2D eigenvalue weighted by Crippen LogP contribution is -2.08. The van der Waals surface area contributed by atoms with Crippen LogP contribution in [-0.4, -0.2) is 25.4 Å². The van der Waals surface area contributed by atoms with Gasteiger partial charge >= 0.3 is 5.97 Å². The predicted octanol–water partition coefficient (Wildman–Crippen LogP) is 2.60. The molecule has 0 unspecified atom stereocenters. The summed E-state index contributed by atoms with van der Waals surface area (Å²) in [6.45, 7) is 3.33. The SMILES string of the molecule is CCn1cc(Cn2c(C(=O)O)cc3ccccc32)cn1. The maximum atomic E-state index is 11.4. The van der Waals surface area contributed by atoms with Crippen molar-refractivity contribution in [3.8, 4) is 0 Å². The zero-order chi connectivity index (χ0) is 14.1. The summed E-state index contributed by atoms with van der Waals surface area (Å²) < 4.78 is 3.65. The van der Waals surface area contributed by atoms with Gasteiger partial charge in [0.1, 0.15) is 5.69 Å². The number of nitrogens with zero attached hydrogens (tertiary/aromatic N) is 3. The molecule has 0 aliphatic heterocycles. The second-order valence-electron chi connectivity index (χ2n) is 4.68. The quantitative estimate of drug-likeness (QED) is 0.792. The smallest absolute Gasteiger partial charge is 0.352 e. The van der Waals surface area contributed by atoms with Crippen molar-refractivity contribution in [2.75, 3.05) is 0 Å². The van der Waals surface area contributed by atoms with Crippen LogP contribution in [-0.2, 0) is 13.1 Å². The van der Waals surface area contributed by atoms with E-state index in [1.807, 2.05) is 46.6 Å². The first-order valence-corrected chi connectivity index (χ1v) is 6.52. The Hall–Kier alpha value is -2.56. The van der Waals surface area contributed by atoms with Crippen molar-refractivity contribution in [1.29, 1.82) is 0 Å². The molecule has 0 saturated carbocycles. The number of aromatic nitrogens is 3. The van der Waals surface area contributed by atoms with Crippen molar-refractivity contribution >= 4 is 16.9 Å². The summed E-state index contributed by atoms with van der Waals surface area (Å²) in [6.07, 6.45) is 3.73. The highest BCUT2D eigenvalue weighted by molar-refractivity contribution is 5.94. The molecule has 5 nitrogen and oxygen atoms in total. The fourth-order valence-electron chi connectivity index (χ4n) is 2.40. The van der Waals surface area contributed by atoms with Crippen molar-refractivity contribution in [3.05, 3.63) is 54.0 Å². The number of carbonyl (C=O) groups is 1. The highest BCUT2D eigenvalue weighted by Crippen LogP contribution is 2.21. The molecule has 1 aromatic carbocycles. The highest BCUT2D eigenvalue weighted by Gasteiger charge is 2.14. The summed E-state index contributed by atoms with van der Waals surface area (Å²) in [4.78, 5) is 11.4. The number of benzene rings is 1. The Morgan fingerprint density at radius 2 is 2.15 bits per heavy atom. The fourth-order valence-corrected chi connectivity index (χ4v) is 2.40. The second-order valence-corrected chi connectivity index (χ2v) is 4.68. The maximum absolute atomic E-state index is 11.4. The Morgan fingerprint density at radius 3 is 2.85 bits per heavy atom. The van der Waals surface area contributed by atoms with Gasteiger partial charge in [-0.2, -0.15) is 5.10 Å². The zero-order valence-corrected chi connectivity index (χ0v) is 11.2. The van der Waals surface area contributed by atoms with Gasteiger partial charge in [-0.25, -0.2) is 4.79 Å². The summed E-state index contributed by atoms with van der Waals surface area (Å²) in [5.74, 6) is -0.913. The maximum Gasteiger partial charge on any atom is 0.352 e. The summed E-state index contributed by atoms with van der Waals surface area (Å²) in [5, 5.41) is 14.5. The zero-order valence-electron chi connectivity index (χ0n) is 11.2. The van der Waals surface area contributed by atoms with Crippen molar-refractivity contribution < 1.29 is 9.90 Å². The number of carboxylic acid groups (broad SMARTS) is 1. The van der Waals surface area contributed by atoms with Gasteiger partial charge in [-0.1, -0.05) is 18.2 Å². The van der Waals surface area contributed by atoms with Crippen LogP contribution in [0.5, 0.6) is 0 Å². The number of carboxylic acids is 1. The number of fused-ring (bicyclic) bond motifs is 1. The van der Waals surface area contributed by atoms with Crippen molar-refractivity contribution in [2.45, 2.75) is 20.0 Å². The van der Waals surface area contributed by atoms with Crippen LogP contribution >= 0.6 is 0 Å². The first kappa shape index (κ1) is 12.5. The predicted molar refractivity (Wildman–Crippen MR) is 75.9 cm³/mol. The lowest BCUT2D eigenvalue weighted by molar-refractivity contribution is 0.0686. The van der Waals surface area contributed by atoms with Crippen molar-refractivity contribution in [1.82, 2.24) is 14.3 Å². The Morgan fingerprint density at radius 1 is 1.35 bits per heavy atom. The van der Waals surface area contributed by atoms with Crippen LogP contribution in [0.3, 0.4) is 0 Å². The normalized spacial score (nSPS) is 11.1. The van der Waals surface area contributed by atoms with E-state index in [0.717, 1.165) is 23.0 Å². The van der Waals surface area contributed by atoms with Crippen LogP contribution in [0.2, 0.25) is 0 Å². The van der Waals surface area contributed by atoms with E-state index in [1.165, 1.54) is 0 Å².